The molecule has 168 valence electrons. The Morgan fingerprint density at radius 2 is 1.55 bits per heavy atom. The Hall–Kier alpha value is -1.79. The Morgan fingerprint density at radius 1 is 0.968 bits per heavy atom. The minimum absolute atomic E-state index is 0.0884. The van der Waals surface area contributed by atoms with Crippen LogP contribution in [0.15, 0.2) is 18.2 Å². The van der Waals surface area contributed by atoms with E-state index >= 15 is 0 Å². The third-order valence-electron chi connectivity index (χ3n) is 7.23. The largest absolute Gasteiger partial charge is 0.340 e. The van der Waals surface area contributed by atoms with E-state index < -0.39 is 17.9 Å². The molecule has 5 rings (SSSR count). The fraction of sp³-hybridized carbons (Fsp3) is 0.609. The molecule has 0 aliphatic heterocycles. The van der Waals surface area contributed by atoms with Gasteiger partial charge in [-0.05, 0) is 80.4 Å². The van der Waals surface area contributed by atoms with Crippen molar-refractivity contribution in [2.75, 3.05) is 0 Å². The van der Waals surface area contributed by atoms with Gasteiger partial charge in [0.2, 0.25) is 5.91 Å². The highest BCUT2D eigenvalue weighted by Crippen LogP contribution is 2.60. The van der Waals surface area contributed by atoms with Crippen molar-refractivity contribution in [3.05, 3.63) is 33.8 Å². The van der Waals surface area contributed by atoms with Crippen LogP contribution < -0.4 is 16.2 Å². The van der Waals surface area contributed by atoms with Crippen LogP contribution in [0.25, 0.3) is 0 Å². The number of benzene rings is 1. The van der Waals surface area contributed by atoms with Gasteiger partial charge in [0.15, 0.2) is 0 Å². The quantitative estimate of drug-likeness (QED) is 0.571. The predicted molar refractivity (Wildman–Crippen MR) is 119 cm³/mol. The van der Waals surface area contributed by atoms with Gasteiger partial charge in [0.05, 0.1) is 16.0 Å². The van der Waals surface area contributed by atoms with Crippen LogP contribution in [-0.2, 0) is 9.59 Å². The maximum Gasteiger partial charge on any atom is 0.261 e. The molecular formula is C23H29Cl2N3O3. The molecule has 8 heteroatoms. The number of hydrogen-bond acceptors (Lipinski definition) is 3. The van der Waals surface area contributed by atoms with Crippen molar-refractivity contribution in [3.8, 4) is 0 Å². The Kier molecular flexibility index (Phi) is 6.23. The highest BCUT2D eigenvalue weighted by Gasteiger charge is 2.54. The molecule has 4 fully saturated rings. The van der Waals surface area contributed by atoms with E-state index in [1.807, 2.05) is 13.8 Å². The van der Waals surface area contributed by atoms with E-state index in [-0.39, 0.29) is 27.8 Å². The van der Waals surface area contributed by atoms with Crippen molar-refractivity contribution in [1.82, 2.24) is 16.2 Å². The van der Waals surface area contributed by atoms with Crippen LogP contribution >= 0.6 is 23.2 Å². The topological polar surface area (TPSA) is 87.3 Å². The molecule has 4 saturated carbocycles. The number of rotatable bonds is 5. The van der Waals surface area contributed by atoms with E-state index in [9.17, 15) is 14.4 Å². The normalized spacial score (nSPS) is 29.5. The third kappa shape index (κ3) is 4.56. The lowest BCUT2D eigenvalue weighted by atomic mass is 9.49. The summed E-state index contributed by atoms with van der Waals surface area (Å²) in [6.07, 6.45) is 6.48. The molecule has 0 aromatic heterocycles. The first-order valence-corrected chi connectivity index (χ1v) is 11.8. The Bertz CT molecular complexity index is 867. The molecule has 6 nitrogen and oxygen atoms in total. The third-order valence-corrected chi connectivity index (χ3v) is 7.78. The van der Waals surface area contributed by atoms with E-state index in [4.69, 9.17) is 23.2 Å². The van der Waals surface area contributed by atoms with Crippen LogP contribution in [0.2, 0.25) is 10.0 Å². The monoisotopic (exact) mass is 465 g/mol. The number of hydrogen-bond donors (Lipinski definition) is 3. The van der Waals surface area contributed by atoms with Crippen molar-refractivity contribution < 1.29 is 14.4 Å². The molecular weight excluding hydrogens is 437 g/mol. The van der Waals surface area contributed by atoms with E-state index in [2.05, 4.69) is 16.2 Å². The molecule has 1 unspecified atom stereocenters. The Balaban J connectivity index is 1.38. The van der Waals surface area contributed by atoms with E-state index in [1.165, 1.54) is 31.4 Å². The summed E-state index contributed by atoms with van der Waals surface area (Å²) in [5, 5.41) is 3.36. The zero-order valence-electron chi connectivity index (χ0n) is 17.8. The van der Waals surface area contributed by atoms with Gasteiger partial charge in [-0.3, -0.25) is 25.2 Å². The van der Waals surface area contributed by atoms with Crippen molar-refractivity contribution in [3.63, 3.8) is 0 Å². The molecule has 0 spiro atoms. The number of carbonyl (C=O) groups excluding carboxylic acids is 3. The van der Waals surface area contributed by atoms with E-state index in [0.29, 0.717) is 22.8 Å². The van der Waals surface area contributed by atoms with Crippen LogP contribution in [-0.4, -0.2) is 23.8 Å². The van der Waals surface area contributed by atoms with Crippen LogP contribution in [0, 0.1) is 29.1 Å². The molecule has 0 saturated heterocycles. The fourth-order valence-electron chi connectivity index (χ4n) is 6.15. The Morgan fingerprint density at radius 3 is 2.06 bits per heavy atom. The van der Waals surface area contributed by atoms with Crippen LogP contribution in [0.5, 0.6) is 0 Å². The van der Waals surface area contributed by atoms with Crippen molar-refractivity contribution in [2.24, 2.45) is 29.1 Å². The summed E-state index contributed by atoms with van der Waals surface area (Å²) in [7, 11) is 0. The van der Waals surface area contributed by atoms with Gasteiger partial charge in [-0.15, -0.1) is 0 Å². The second-order valence-corrected chi connectivity index (χ2v) is 10.8. The molecule has 1 aromatic rings. The summed E-state index contributed by atoms with van der Waals surface area (Å²) >= 11 is 12.0. The fourth-order valence-corrected chi connectivity index (χ4v) is 6.64. The first-order valence-electron chi connectivity index (χ1n) is 11.0. The van der Waals surface area contributed by atoms with Gasteiger partial charge in [0.25, 0.3) is 11.8 Å². The smallest absolute Gasteiger partial charge is 0.261 e. The minimum atomic E-state index is -0.823. The van der Waals surface area contributed by atoms with Crippen molar-refractivity contribution in [2.45, 2.75) is 58.4 Å². The molecule has 31 heavy (non-hydrogen) atoms. The second-order valence-electron chi connectivity index (χ2n) is 9.96. The molecule has 3 amide bonds. The molecule has 4 aliphatic rings. The summed E-state index contributed by atoms with van der Waals surface area (Å²) in [4.78, 5) is 38.6. The molecule has 4 aliphatic carbocycles. The lowest BCUT2D eigenvalue weighted by Crippen LogP contribution is -2.59. The SMILES string of the molecule is CC(C)C(NC(=O)c1ccc(Cl)cc1Cl)C(=O)NNC(=O)C12CC3CC(CC(C3)C1)C2. The van der Waals surface area contributed by atoms with Crippen molar-refractivity contribution in [1.29, 1.82) is 0 Å². The predicted octanol–water partition coefficient (Wildman–Crippen LogP) is 4.11. The number of amides is 3. The summed E-state index contributed by atoms with van der Waals surface area (Å²) in [5.41, 5.74) is 5.12. The van der Waals surface area contributed by atoms with Crippen LogP contribution in [0.3, 0.4) is 0 Å². The molecule has 1 atom stereocenters. The summed E-state index contributed by atoms with van der Waals surface area (Å²) in [6.45, 7) is 3.66. The summed E-state index contributed by atoms with van der Waals surface area (Å²) in [6, 6.07) is 3.74. The maximum atomic E-state index is 13.1. The van der Waals surface area contributed by atoms with E-state index in [0.717, 1.165) is 19.3 Å². The van der Waals surface area contributed by atoms with E-state index in [1.54, 1.807) is 6.07 Å². The number of nitrogens with one attached hydrogen (secondary N) is 3. The van der Waals surface area contributed by atoms with Gasteiger partial charge in [0.1, 0.15) is 6.04 Å². The van der Waals surface area contributed by atoms with Gasteiger partial charge < -0.3 is 5.32 Å². The average molecular weight is 466 g/mol. The Labute approximate surface area is 192 Å². The first kappa shape index (κ1) is 22.4. The zero-order valence-corrected chi connectivity index (χ0v) is 19.4. The number of halogens is 2. The zero-order chi connectivity index (χ0) is 22.3. The number of carbonyl (C=O) groups is 3. The first-order chi connectivity index (χ1) is 14.7. The lowest BCUT2D eigenvalue weighted by Gasteiger charge is -2.55. The highest BCUT2D eigenvalue weighted by molar-refractivity contribution is 6.36. The minimum Gasteiger partial charge on any atom is -0.340 e. The lowest BCUT2D eigenvalue weighted by molar-refractivity contribution is -0.149. The highest BCUT2D eigenvalue weighted by atomic mass is 35.5. The second kappa shape index (κ2) is 8.62. The maximum absolute atomic E-state index is 13.1. The van der Waals surface area contributed by atoms with Gasteiger partial charge >= 0.3 is 0 Å². The standard InChI is InChI=1S/C23H29Cl2N3O3/c1-12(2)19(26-20(29)17-4-3-16(24)8-18(17)25)21(30)27-28-22(31)23-9-13-5-14(10-23)7-15(6-13)11-23/h3-4,8,12-15,19H,5-7,9-11H2,1-2H3,(H,26,29)(H,27,30)(H,28,31). The van der Waals surface area contributed by atoms with Crippen LogP contribution in [0.4, 0.5) is 0 Å². The summed E-state index contributed by atoms with van der Waals surface area (Å²) in [5.74, 6) is 0.717. The molecule has 1 aromatic carbocycles. The van der Waals surface area contributed by atoms with Gasteiger partial charge in [-0.25, -0.2) is 0 Å². The van der Waals surface area contributed by atoms with Crippen LogP contribution in [0.1, 0.15) is 62.7 Å². The van der Waals surface area contributed by atoms with Crippen molar-refractivity contribution >= 4 is 40.9 Å². The molecule has 4 bridgehead atoms. The number of hydrazine groups is 1. The average Bonchev–Trinajstić information content (AvgIpc) is 2.68. The van der Waals surface area contributed by atoms with Gasteiger partial charge in [-0.2, -0.15) is 0 Å². The summed E-state index contributed by atoms with van der Waals surface area (Å²) < 4.78 is 0. The molecule has 3 N–H and O–H groups in total. The van der Waals surface area contributed by atoms with Gasteiger partial charge in [0, 0.05) is 5.02 Å². The molecule has 0 radical (unpaired) electrons. The van der Waals surface area contributed by atoms with Gasteiger partial charge in [-0.1, -0.05) is 37.0 Å². The molecule has 0 heterocycles.